The average Bonchev–Trinajstić information content (AvgIpc) is 3.25. The third-order valence-corrected chi connectivity index (χ3v) is 9.86. The average molecular weight is 679 g/mol. The summed E-state index contributed by atoms with van der Waals surface area (Å²) < 4.78 is 0. The van der Waals surface area contributed by atoms with Crippen LogP contribution in [0, 0.1) is 0 Å². The molecule has 0 aliphatic carbocycles. The first kappa shape index (κ1) is 32.0. The zero-order valence-electron chi connectivity index (χ0n) is 29.1. The summed E-state index contributed by atoms with van der Waals surface area (Å²) in [5.41, 5.74) is 12.2. The molecule has 1 aliphatic heterocycles. The van der Waals surface area contributed by atoms with Gasteiger partial charge in [0.15, 0.2) is 0 Å². The zero-order chi connectivity index (χ0) is 35.4. The van der Waals surface area contributed by atoms with Crippen LogP contribution >= 0.6 is 0 Å². The van der Waals surface area contributed by atoms with Crippen molar-refractivity contribution >= 4 is 39.4 Å². The van der Waals surface area contributed by atoms with Crippen molar-refractivity contribution in [3.05, 3.63) is 234 Å². The maximum absolute atomic E-state index is 5.14. The van der Waals surface area contributed by atoms with Gasteiger partial charge in [-0.1, -0.05) is 188 Å². The molecule has 1 unspecified atom stereocenters. The molecule has 0 fully saturated rings. The van der Waals surface area contributed by atoms with Crippen LogP contribution in [0.4, 0.5) is 17.1 Å². The highest BCUT2D eigenvalue weighted by molar-refractivity contribution is 6.12. The molecule has 1 heterocycles. The van der Waals surface area contributed by atoms with Gasteiger partial charge in [0.25, 0.3) is 0 Å². The quantitative estimate of drug-likeness (QED) is 0.157. The van der Waals surface area contributed by atoms with Crippen LogP contribution in [0.3, 0.4) is 0 Å². The molecule has 0 amide bonds. The third kappa shape index (κ3) is 6.64. The molecule has 8 aromatic rings. The first-order chi connectivity index (χ1) is 26.3. The molecule has 8 aromatic carbocycles. The van der Waals surface area contributed by atoms with E-state index < -0.39 is 0 Å². The summed E-state index contributed by atoms with van der Waals surface area (Å²) >= 11 is 0. The van der Waals surface area contributed by atoms with Gasteiger partial charge in [-0.15, -0.1) is 0 Å². The minimum Gasteiger partial charge on any atom is -0.454 e. The summed E-state index contributed by atoms with van der Waals surface area (Å²) in [7, 11) is 0. The molecule has 53 heavy (non-hydrogen) atoms. The Kier molecular flexibility index (Phi) is 8.65. The Balaban J connectivity index is 1.01. The van der Waals surface area contributed by atoms with Crippen LogP contribution < -0.4 is 4.90 Å². The van der Waals surface area contributed by atoms with Crippen molar-refractivity contribution in [2.24, 2.45) is 4.99 Å². The number of hydrogen-bond donors (Lipinski definition) is 0. The fourth-order valence-corrected chi connectivity index (χ4v) is 7.11. The van der Waals surface area contributed by atoms with E-state index in [4.69, 9.17) is 10.3 Å². The molecule has 1 atom stereocenters. The van der Waals surface area contributed by atoms with Crippen molar-refractivity contribution < 1.29 is 0 Å². The lowest BCUT2D eigenvalue weighted by molar-refractivity contribution is 1.04. The topological polar surface area (TPSA) is 29.7 Å². The molecule has 0 N–H and O–H groups in total. The van der Waals surface area contributed by atoms with Crippen LogP contribution in [-0.2, 0) is 0 Å². The predicted octanol–water partition coefficient (Wildman–Crippen LogP) is 13.6. The molecule has 9 rings (SSSR count). The minimum absolute atomic E-state index is 0.131. The predicted molar refractivity (Wildman–Crippen MR) is 223 cm³/mol. The second-order valence-corrected chi connectivity index (χ2v) is 13.2. The molecular weight excluding hydrogens is 643 g/mol. The Morgan fingerprint density at radius 3 is 1.57 bits per heavy atom. The van der Waals surface area contributed by atoms with Gasteiger partial charge in [0.1, 0.15) is 0 Å². The normalized spacial score (nSPS) is 13.8. The molecule has 0 radical (unpaired) electrons. The van der Waals surface area contributed by atoms with Crippen molar-refractivity contribution in [3.63, 3.8) is 0 Å². The maximum atomic E-state index is 5.14. The summed E-state index contributed by atoms with van der Waals surface area (Å²) in [5.74, 6) is 0.735. The van der Waals surface area contributed by atoms with E-state index in [2.05, 4.69) is 205 Å². The fourth-order valence-electron chi connectivity index (χ4n) is 7.11. The summed E-state index contributed by atoms with van der Waals surface area (Å²) in [4.78, 5) is 7.45. The van der Waals surface area contributed by atoms with E-state index in [-0.39, 0.29) is 6.04 Å². The first-order valence-corrected chi connectivity index (χ1v) is 18.0. The van der Waals surface area contributed by atoms with E-state index in [1.807, 2.05) is 12.1 Å². The SMILES string of the molecule is C1=C(c2ccc(-c3ccccc3)cc2)N=C(c2ccc(-c3ccc(N(c4ccccc4)c4cccc5ccccc45)cc3)cc2)[N-]C1c1ccccc1. The number of fused-ring (bicyclic) bond motifs is 1. The molecular formula is C50H36N3-. The Bertz CT molecular complexity index is 2530. The molecule has 3 nitrogen and oxygen atoms in total. The van der Waals surface area contributed by atoms with Gasteiger partial charge < -0.3 is 15.2 Å². The molecule has 0 aromatic heterocycles. The van der Waals surface area contributed by atoms with E-state index >= 15 is 0 Å². The Labute approximate surface area is 310 Å². The number of anilines is 3. The van der Waals surface area contributed by atoms with E-state index in [0.29, 0.717) is 0 Å². The number of aliphatic imine (C=N–C) groups is 1. The second-order valence-electron chi connectivity index (χ2n) is 13.2. The fraction of sp³-hybridized carbons (Fsp3) is 0.0200. The largest absolute Gasteiger partial charge is 0.454 e. The van der Waals surface area contributed by atoms with Crippen molar-refractivity contribution in [2.45, 2.75) is 6.04 Å². The van der Waals surface area contributed by atoms with Gasteiger partial charge in [0.2, 0.25) is 0 Å². The molecule has 1 aliphatic rings. The summed E-state index contributed by atoms with van der Waals surface area (Å²) in [6, 6.07) is 72.6. The Morgan fingerprint density at radius 1 is 0.396 bits per heavy atom. The number of amidine groups is 1. The van der Waals surface area contributed by atoms with E-state index in [1.165, 1.54) is 21.9 Å². The Morgan fingerprint density at radius 2 is 0.887 bits per heavy atom. The van der Waals surface area contributed by atoms with Gasteiger partial charge >= 0.3 is 0 Å². The smallest absolute Gasteiger partial charge is 0.0540 e. The number of para-hydroxylation sites is 1. The summed E-state index contributed by atoms with van der Waals surface area (Å²) in [6.07, 6.45) is 2.17. The van der Waals surface area contributed by atoms with Crippen molar-refractivity contribution in [1.82, 2.24) is 0 Å². The van der Waals surface area contributed by atoms with Gasteiger partial charge in [0, 0.05) is 22.8 Å². The molecule has 252 valence electrons. The highest BCUT2D eigenvalue weighted by Crippen LogP contribution is 2.40. The molecule has 3 heteroatoms. The zero-order valence-corrected chi connectivity index (χ0v) is 29.1. The standard InChI is InChI=1S/C50H36N3/c1-4-13-36(14-5-1)37-23-27-42(28-24-37)48-35-47(41-16-6-2-7-17-41)51-50(52-48)43-29-25-38(26-30-43)39-31-33-45(34-32-39)53(44-19-8-3-9-20-44)49-22-12-18-40-15-10-11-21-46(40)49/h1-35,47H/q-1. The van der Waals surface area contributed by atoms with E-state index in [0.717, 1.165) is 56.4 Å². The van der Waals surface area contributed by atoms with E-state index in [9.17, 15) is 0 Å². The van der Waals surface area contributed by atoms with Gasteiger partial charge in [-0.05, 0) is 80.4 Å². The minimum atomic E-state index is -0.131. The molecule has 0 saturated heterocycles. The summed E-state index contributed by atoms with van der Waals surface area (Å²) in [6.45, 7) is 0. The van der Waals surface area contributed by atoms with Crippen LogP contribution in [0.15, 0.2) is 217 Å². The van der Waals surface area contributed by atoms with Crippen LogP contribution in [0.25, 0.3) is 44.0 Å². The van der Waals surface area contributed by atoms with Gasteiger partial charge in [-0.3, -0.25) is 0 Å². The Hall–Kier alpha value is -6.97. The highest BCUT2D eigenvalue weighted by Gasteiger charge is 2.16. The van der Waals surface area contributed by atoms with Crippen molar-refractivity contribution in [3.8, 4) is 22.3 Å². The van der Waals surface area contributed by atoms with Gasteiger partial charge in [-0.2, -0.15) is 0 Å². The highest BCUT2D eigenvalue weighted by atomic mass is 15.1. The number of benzene rings is 8. The lowest BCUT2D eigenvalue weighted by Gasteiger charge is -2.33. The maximum Gasteiger partial charge on any atom is 0.0540 e. The second kappa shape index (κ2) is 14.3. The van der Waals surface area contributed by atoms with E-state index in [1.54, 1.807) is 0 Å². The van der Waals surface area contributed by atoms with Gasteiger partial charge in [0.05, 0.1) is 5.69 Å². The molecule has 0 bridgehead atoms. The van der Waals surface area contributed by atoms with Crippen molar-refractivity contribution in [2.75, 3.05) is 4.90 Å². The molecule has 0 saturated carbocycles. The monoisotopic (exact) mass is 678 g/mol. The van der Waals surface area contributed by atoms with Crippen LogP contribution in [-0.4, -0.2) is 5.84 Å². The summed E-state index contributed by atoms with van der Waals surface area (Å²) in [5, 5.41) is 7.58. The first-order valence-electron chi connectivity index (χ1n) is 18.0. The van der Waals surface area contributed by atoms with Crippen LogP contribution in [0.2, 0.25) is 0 Å². The number of nitrogens with zero attached hydrogens (tertiary/aromatic N) is 3. The third-order valence-electron chi connectivity index (χ3n) is 9.86. The van der Waals surface area contributed by atoms with Crippen LogP contribution in [0.1, 0.15) is 22.7 Å². The molecule has 0 spiro atoms. The lowest BCUT2D eigenvalue weighted by atomic mass is 9.98. The van der Waals surface area contributed by atoms with Crippen molar-refractivity contribution in [1.29, 1.82) is 0 Å². The van der Waals surface area contributed by atoms with Gasteiger partial charge in [-0.25, -0.2) is 0 Å². The lowest BCUT2D eigenvalue weighted by Crippen LogP contribution is -2.10. The number of rotatable bonds is 8. The van der Waals surface area contributed by atoms with Crippen LogP contribution in [0.5, 0.6) is 0 Å². The number of hydrogen-bond acceptors (Lipinski definition) is 2.